The van der Waals surface area contributed by atoms with Gasteiger partial charge < -0.3 is 10.4 Å². The Labute approximate surface area is 144 Å². The van der Waals surface area contributed by atoms with Gasteiger partial charge in [-0.15, -0.1) is 0 Å². The van der Waals surface area contributed by atoms with E-state index < -0.39 is 33.7 Å². The number of hydrogen-bond acceptors (Lipinski definition) is 5. The number of hydrogen-bond donors (Lipinski definition) is 3. The van der Waals surface area contributed by atoms with E-state index in [0.29, 0.717) is 16.9 Å². The quantitative estimate of drug-likeness (QED) is 0.699. The minimum Gasteiger partial charge on any atom is -0.375 e. The molecule has 3 N–H and O–H groups in total. The van der Waals surface area contributed by atoms with Crippen molar-refractivity contribution in [2.75, 3.05) is 16.3 Å². The number of benzene rings is 2. The predicted molar refractivity (Wildman–Crippen MR) is 92.8 cm³/mol. The molecule has 0 bridgehead atoms. The Bertz CT molecular complexity index is 953. The Morgan fingerprint density at radius 1 is 1.16 bits per heavy atom. The molecule has 8 heteroatoms. The second-order valence-corrected chi connectivity index (χ2v) is 7.66. The average molecular weight is 360 g/mol. The molecule has 1 heterocycles. The number of Topliss-reactive ketones (excluding diaryl/α,β-unsaturated/α-hetero) is 1. The second kappa shape index (κ2) is 5.98. The van der Waals surface area contributed by atoms with Crippen LogP contribution < -0.4 is 10.0 Å². The van der Waals surface area contributed by atoms with Crippen LogP contribution in [0.5, 0.6) is 0 Å². The summed E-state index contributed by atoms with van der Waals surface area (Å²) in [4.78, 5) is 24.6. The first-order chi connectivity index (χ1) is 11.7. The predicted octanol–water partition coefficient (Wildman–Crippen LogP) is 1.47. The van der Waals surface area contributed by atoms with Crippen LogP contribution in [0.3, 0.4) is 0 Å². The fourth-order valence-electron chi connectivity index (χ4n) is 2.75. The van der Waals surface area contributed by atoms with Crippen molar-refractivity contribution in [2.24, 2.45) is 0 Å². The Morgan fingerprint density at radius 3 is 2.44 bits per heavy atom. The highest BCUT2D eigenvalue weighted by Gasteiger charge is 2.46. The van der Waals surface area contributed by atoms with Gasteiger partial charge in [0.05, 0.1) is 12.7 Å². The summed E-state index contributed by atoms with van der Waals surface area (Å²) in [7, 11) is -3.41. The summed E-state index contributed by atoms with van der Waals surface area (Å²) in [6, 6.07) is 12.4. The van der Waals surface area contributed by atoms with E-state index in [1.165, 1.54) is 24.3 Å². The van der Waals surface area contributed by atoms with E-state index in [2.05, 4.69) is 10.0 Å². The Kier molecular flexibility index (Phi) is 4.09. The number of nitrogens with one attached hydrogen (secondary N) is 2. The van der Waals surface area contributed by atoms with Crippen molar-refractivity contribution < 1.29 is 23.1 Å². The zero-order chi connectivity index (χ0) is 18.2. The Balaban J connectivity index is 1.82. The summed E-state index contributed by atoms with van der Waals surface area (Å²) in [5, 5.41) is 13.3. The zero-order valence-electron chi connectivity index (χ0n) is 13.3. The fourth-order valence-corrected chi connectivity index (χ4v) is 3.31. The molecule has 1 atom stereocenters. The third kappa shape index (κ3) is 3.40. The van der Waals surface area contributed by atoms with E-state index in [4.69, 9.17) is 0 Å². The molecule has 0 saturated carbocycles. The number of ketones is 1. The number of aliphatic hydroxyl groups is 1. The van der Waals surface area contributed by atoms with Gasteiger partial charge in [0.2, 0.25) is 10.0 Å². The number of anilines is 2. The van der Waals surface area contributed by atoms with Crippen LogP contribution in [0.15, 0.2) is 48.5 Å². The molecule has 1 aliphatic heterocycles. The molecule has 0 unspecified atom stereocenters. The van der Waals surface area contributed by atoms with Gasteiger partial charge in [0.1, 0.15) is 0 Å². The number of rotatable bonds is 5. The molecule has 7 nitrogen and oxygen atoms in total. The molecular weight excluding hydrogens is 344 g/mol. The van der Waals surface area contributed by atoms with Gasteiger partial charge in [-0.05, 0) is 30.3 Å². The molecule has 3 rings (SSSR count). The summed E-state index contributed by atoms with van der Waals surface area (Å²) in [6.45, 7) is 0. The van der Waals surface area contributed by atoms with Gasteiger partial charge in [0.25, 0.3) is 5.91 Å². The molecule has 2 aromatic rings. The van der Waals surface area contributed by atoms with Gasteiger partial charge in [0.15, 0.2) is 11.4 Å². The van der Waals surface area contributed by atoms with Crippen LogP contribution in [0, 0.1) is 0 Å². The highest BCUT2D eigenvalue weighted by Crippen LogP contribution is 2.38. The highest BCUT2D eigenvalue weighted by molar-refractivity contribution is 7.92. The highest BCUT2D eigenvalue weighted by atomic mass is 32.2. The molecule has 1 aliphatic rings. The van der Waals surface area contributed by atoms with Crippen LogP contribution >= 0.6 is 0 Å². The largest absolute Gasteiger partial charge is 0.375 e. The Hall–Kier alpha value is -2.71. The summed E-state index contributed by atoms with van der Waals surface area (Å²) in [6.07, 6.45) is 0.617. The summed E-state index contributed by atoms with van der Waals surface area (Å²) < 4.78 is 24.7. The second-order valence-electron chi connectivity index (χ2n) is 5.91. The normalized spacial score (nSPS) is 19.2. The van der Waals surface area contributed by atoms with Crippen molar-refractivity contribution >= 4 is 33.1 Å². The van der Waals surface area contributed by atoms with Crippen molar-refractivity contribution in [1.29, 1.82) is 0 Å². The topological polar surface area (TPSA) is 113 Å². The lowest BCUT2D eigenvalue weighted by molar-refractivity contribution is -0.133. The molecule has 0 aliphatic carbocycles. The molecule has 0 fully saturated rings. The number of sulfonamides is 1. The van der Waals surface area contributed by atoms with E-state index in [0.717, 1.165) is 6.26 Å². The van der Waals surface area contributed by atoms with Crippen molar-refractivity contribution in [3.05, 3.63) is 59.7 Å². The molecule has 0 saturated heterocycles. The van der Waals surface area contributed by atoms with Crippen molar-refractivity contribution in [3.63, 3.8) is 0 Å². The molecule has 130 valence electrons. The minimum atomic E-state index is -3.41. The van der Waals surface area contributed by atoms with Gasteiger partial charge in [0, 0.05) is 22.5 Å². The maximum absolute atomic E-state index is 12.5. The van der Waals surface area contributed by atoms with Gasteiger partial charge in [-0.1, -0.05) is 18.2 Å². The first kappa shape index (κ1) is 17.1. The number of amides is 1. The van der Waals surface area contributed by atoms with Gasteiger partial charge >= 0.3 is 0 Å². The monoisotopic (exact) mass is 360 g/mol. The lowest BCUT2D eigenvalue weighted by Crippen LogP contribution is -2.36. The number of para-hydroxylation sites is 1. The summed E-state index contributed by atoms with van der Waals surface area (Å²) in [5.41, 5.74) is -0.484. The number of carbonyl (C=O) groups is 2. The molecule has 0 aromatic heterocycles. The molecule has 25 heavy (non-hydrogen) atoms. The maximum atomic E-state index is 12.5. The van der Waals surface area contributed by atoms with Gasteiger partial charge in [-0.25, -0.2) is 8.42 Å². The summed E-state index contributed by atoms with van der Waals surface area (Å²) >= 11 is 0. The zero-order valence-corrected chi connectivity index (χ0v) is 14.1. The third-order valence-corrected chi connectivity index (χ3v) is 4.53. The van der Waals surface area contributed by atoms with Crippen LogP contribution in [-0.4, -0.2) is 31.5 Å². The smallest absolute Gasteiger partial charge is 0.261 e. The van der Waals surface area contributed by atoms with E-state index >= 15 is 0 Å². The molecule has 0 spiro atoms. The van der Waals surface area contributed by atoms with Crippen LogP contribution in [0.2, 0.25) is 0 Å². The SMILES string of the molecule is CS(=O)(=O)Nc1ccc(C(=O)C[C@@]2(O)C(=O)Nc3ccccc32)cc1. The van der Waals surface area contributed by atoms with Crippen molar-refractivity contribution in [3.8, 4) is 0 Å². The fraction of sp³-hybridized carbons (Fsp3) is 0.176. The maximum Gasteiger partial charge on any atom is 0.261 e. The molecule has 1 amide bonds. The van der Waals surface area contributed by atoms with E-state index in [1.807, 2.05) is 0 Å². The van der Waals surface area contributed by atoms with E-state index in [9.17, 15) is 23.1 Å². The van der Waals surface area contributed by atoms with E-state index in [1.54, 1.807) is 24.3 Å². The molecule has 0 radical (unpaired) electrons. The average Bonchev–Trinajstić information content (AvgIpc) is 2.78. The van der Waals surface area contributed by atoms with Crippen LogP contribution in [0.4, 0.5) is 11.4 Å². The first-order valence-electron chi connectivity index (χ1n) is 7.43. The minimum absolute atomic E-state index is 0.268. The lowest BCUT2D eigenvalue weighted by atomic mass is 9.88. The first-order valence-corrected chi connectivity index (χ1v) is 9.32. The Morgan fingerprint density at radius 2 is 1.80 bits per heavy atom. The number of fused-ring (bicyclic) bond motifs is 1. The van der Waals surface area contributed by atoms with Crippen molar-refractivity contribution in [1.82, 2.24) is 0 Å². The molecular formula is C17H16N2O5S. The summed E-state index contributed by atoms with van der Waals surface area (Å²) in [5.74, 6) is -1.07. The van der Waals surface area contributed by atoms with Gasteiger partial charge in [-0.3, -0.25) is 14.3 Å². The number of carbonyl (C=O) groups excluding carboxylic acids is 2. The standard InChI is InChI=1S/C17H16N2O5S/c1-25(23,24)19-12-8-6-11(7-9-12)15(20)10-17(22)13-4-2-3-5-14(13)18-16(17)21/h2-9,19,22H,10H2,1H3,(H,18,21)/t17-/m0/s1. The molecule has 2 aromatic carbocycles. The van der Waals surface area contributed by atoms with Crippen LogP contribution in [-0.2, 0) is 20.4 Å². The van der Waals surface area contributed by atoms with Crippen LogP contribution in [0.25, 0.3) is 0 Å². The third-order valence-electron chi connectivity index (χ3n) is 3.92. The van der Waals surface area contributed by atoms with Gasteiger partial charge in [-0.2, -0.15) is 0 Å². The lowest BCUT2D eigenvalue weighted by Gasteiger charge is -2.20. The van der Waals surface area contributed by atoms with Crippen molar-refractivity contribution in [2.45, 2.75) is 12.0 Å². The van der Waals surface area contributed by atoms with E-state index in [-0.39, 0.29) is 5.56 Å². The van der Waals surface area contributed by atoms with Crippen LogP contribution in [0.1, 0.15) is 22.3 Å².